The second-order valence-corrected chi connectivity index (χ2v) is 4.35. The molecule has 0 spiro atoms. The maximum atomic E-state index is 12.0. The van der Waals surface area contributed by atoms with Crippen LogP contribution in [0.25, 0.3) is 0 Å². The number of aliphatic carboxylic acids is 1. The first-order valence-electron chi connectivity index (χ1n) is 6.23. The van der Waals surface area contributed by atoms with Crippen LogP contribution in [-0.4, -0.2) is 39.1 Å². The average molecular weight is 289 g/mol. The molecule has 0 saturated heterocycles. The van der Waals surface area contributed by atoms with Gasteiger partial charge in [-0.2, -0.15) is 0 Å². The Bertz CT molecular complexity index is 626. The number of anilines is 1. The maximum absolute atomic E-state index is 12.0. The summed E-state index contributed by atoms with van der Waals surface area (Å²) >= 11 is 0. The number of amides is 2. The summed E-state index contributed by atoms with van der Waals surface area (Å²) < 4.78 is 1.20. The number of aromatic nitrogens is 3. The van der Waals surface area contributed by atoms with Crippen LogP contribution < -0.4 is 10.2 Å². The van der Waals surface area contributed by atoms with E-state index in [1.165, 1.54) is 15.8 Å². The van der Waals surface area contributed by atoms with E-state index in [1.807, 2.05) is 30.3 Å². The zero-order valence-corrected chi connectivity index (χ0v) is 11.4. The van der Waals surface area contributed by atoms with Crippen LogP contribution >= 0.6 is 0 Å². The number of carbonyl (C=O) groups excluding carboxylic acids is 1. The lowest BCUT2D eigenvalue weighted by Crippen LogP contribution is -2.36. The van der Waals surface area contributed by atoms with E-state index in [1.54, 1.807) is 7.05 Å². The van der Waals surface area contributed by atoms with E-state index in [4.69, 9.17) is 5.11 Å². The predicted molar refractivity (Wildman–Crippen MR) is 74.7 cm³/mol. The Morgan fingerprint density at radius 2 is 2.05 bits per heavy atom. The molecule has 21 heavy (non-hydrogen) atoms. The number of benzene rings is 1. The van der Waals surface area contributed by atoms with Crippen LogP contribution in [0.4, 0.5) is 10.5 Å². The van der Waals surface area contributed by atoms with Crippen LogP contribution in [-0.2, 0) is 17.9 Å². The van der Waals surface area contributed by atoms with Crippen LogP contribution in [0.15, 0.2) is 36.5 Å². The molecule has 1 heterocycles. The Balaban J connectivity index is 1.89. The molecule has 110 valence electrons. The molecule has 2 amide bonds. The Labute approximate surface area is 121 Å². The van der Waals surface area contributed by atoms with E-state index in [0.717, 1.165) is 5.69 Å². The van der Waals surface area contributed by atoms with E-state index < -0.39 is 5.97 Å². The van der Waals surface area contributed by atoms with E-state index in [9.17, 15) is 9.59 Å². The third kappa shape index (κ3) is 4.03. The Morgan fingerprint density at radius 1 is 1.33 bits per heavy atom. The summed E-state index contributed by atoms with van der Waals surface area (Å²) in [4.78, 5) is 24.0. The summed E-state index contributed by atoms with van der Waals surface area (Å²) in [5.74, 6) is -1.00. The second kappa shape index (κ2) is 6.51. The molecule has 0 unspecified atom stereocenters. The third-order valence-electron chi connectivity index (χ3n) is 2.75. The Kier molecular flexibility index (Phi) is 4.50. The first-order valence-corrected chi connectivity index (χ1v) is 6.23. The number of urea groups is 1. The highest BCUT2D eigenvalue weighted by Gasteiger charge is 2.11. The first-order chi connectivity index (χ1) is 10.1. The number of carboxylic acid groups (broad SMARTS) is 1. The van der Waals surface area contributed by atoms with Gasteiger partial charge in [0, 0.05) is 12.7 Å². The molecule has 0 aliphatic heterocycles. The molecule has 1 aromatic heterocycles. The highest BCUT2D eigenvalue weighted by atomic mass is 16.4. The van der Waals surface area contributed by atoms with Gasteiger partial charge in [-0.3, -0.25) is 9.69 Å². The molecular weight excluding hydrogens is 274 g/mol. The minimum absolute atomic E-state index is 0.176. The molecule has 0 aliphatic carbocycles. The number of hydrogen-bond donors (Lipinski definition) is 2. The fourth-order valence-corrected chi connectivity index (χ4v) is 1.69. The summed E-state index contributed by atoms with van der Waals surface area (Å²) in [7, 11) is 1.66. The molecule has 0 bridgehead atoms. The van der Waals surface area contributed by atoms with Crippen LogP contribution in [0, 0.1) is 0 Å². The van der Waals surface area contributed by atoms with Crippen molar-refractivity contribution in [2.45, 2.75) is 13.1 Å². The molecule has 8 nitrogen and oxygen atoms in total. The molecule has 0 atom stereocenters. The molecular formula is C13H15N5O3. The zero-order valence-electron chi connectivity index (χ0n) is 11.4. The molecule has 0 aliphatic rings. The normalized spacial score (nSPS) is 10.1. The van der Waals surface area contributed by atoms with Gasteiger partial charge < -0.3 is 10.4 Å². The largest absolute Gasteiger partial charge is 0.480 e. The Hall–Kier alpha value is -2.90. The van der Waals surface area contributed by atoms with Crippen molar-refractivity contribution in [2.24, 2.45) is 0 Å². The monoisotopic (exact) mass is 289 g/mol. The standard InChI is InChI=1S/C13H15N5O3/c1-17(11-5-3-2-4-6-11)13(21)14-7-10-8-18(16-15-10)9-12(19)20/h2-6,8H,7,9H2,1H3,(H,14,21)(H,19,20). The van der Waals surface area contributed by atoms with Crippen molar-refractivity contribution in [3.63, 3.8) is 0 Å². The van der Waals surface area contributed by atoms with Gasteiger partial charge in [0.1, 0.15) is 12.2 Å². The fraction of sp³-hybridized carbons (Fsp3) is 0.231. The maximum Gasteiger partial charge on any atom is 0.325 e. The lowest BCUT2D eigenvalue weighted by Gasteiger charge is -2.17. The Morgan fingerprint density at radius 3 is 2.71 bits per heavy atom. The molecule has 2 rings (SSSR count). The first kappa shape index (κ1) is 14.5. The summed E-state index contributed by atoms with van der Waals surface area (Å²) in [6.45, 7) is -0.0828. The van der Waals surface area contributed by atoms with E-state index in [0.29, 0.717) is 5.69 Å². The van der Waals surface area contributed by atoms with Gasteiger partial charge in [0.25, 0.3) is 0 Å². The summed E-state index contributed by atoms with van der Waals surface area (Å²) in [6, 6.07) is 8.92. The van der Waals surface area contributed by atoms with Crippen LogP contribution in [0.3, 0.4) is 0 Å². The number of nitrogens with one attached hydrogen (secondary N) is 1. The summed E-state index contributed by atoms with van der Waals surface area (Å²) in [6.07, 6.45) is 1.48. The molecule has 8 heteroatoms. The van der Waals surface area contributed by atoms with Gasteiger partial charge in [-0.25, -0.2) is 9.48 Å². The smallest absolute Gasteiger partial charge is 0.325 e. The molecule has 2 N–H and O–H groups in total. The minimum Gasteiger partial charge on any atom is -0.480 e. The van der Waals surface area contributed by atoms with Crippen molar-refractivity contribution in [1.82, 2.24) is 20.3 Å². The zero-order chi connectivity index (χ0) is 15.2. The van der Waals surface area contributed by atoms with Crippen molar-refractivity contribution >= 4 is 17.7 Å². The average Bonchev–Trinajstić information content (AvgIpc) is 2.91. The minimum atomic E-state index is -1.00. The third-order valence-corrected chi connectivity index (χ3v) is 2.75. The van der Waals surface area contributed by atoms with Crippen molar-refractivity contribution in [3.05, 3.63) is 42.2 Å². The van der Waals surface area contributed by atoms with Gasteiger partial charge in [-0.1, -0.05) is 23.4 Å². The SMILES string of the molecule is CN(C(=O)NCc1cn(CC(=O)O)nn1)c1ccccc1. The van der Waals surface area contributed by atoms with Crippen molar-refractivity contribution in [1.29, 1.82) is 0 Å². The van der Waals surface area contributed by atoms with Crippen molar-refractivity contribution in [3.8, 4) is 0 Å². The highest BCUT2D eigenvalue weighted by Crippen LogP contribution is 2.10. The van der Waals surface area contributed by atoms with Crippen molar-refractivity contribution in [2.75, 3.05) is 11.9 Å². The fourth-order valence-electron chi connectivity index (χ4n) is 1.69. The molecule has 0 saturated carbocycles. The van der Waals surface area contributed by atoms with Gasteiger partial charge >= 0.3 is 12.0 Å². The lowest BCUT2D eigenvalue weighted by molar-refractivity contribution is -0.137. The number of nitrogens with zero attached hydrogens (tertiary/aromatic N) is 4. The number of hydrogen-bond acceptors (Lipinski definition) is 4. The van der Waals surface area contributed by atoms with Gasteiger partial charge in [0.05, 0.1) is 12.7 Å². The highest BCUT2D eigenvalue weighted by molar-refractivity contribution is 5.91. The molecule has 1 aromatic carbocycles. The van der Waals surface area contributed by atoms with Gasteiger partial charge in [-0.05, 0) is 12.1 Å². The van der Waals surface area contributed by atoms with Gasteiger partial charge in [0.2, 0.25) is 0 Å². The second-order valence-electron chi connectivity index (χ2n) is 4.35. The quantitative estimate of drug-likeness (QED) is 0.844. The summed E-state index contributed by atoms with van der Waals surface area (Å²) in [5, 5.41) is 18.8. The van der Waals surface area contributed by atoms with Crippen molar-refractivity contribution < 1.29 is 14.7 Å². The predicted octanol–water partition coefficient (Wildman–Crippen LogP) is 0.709. The number of rotatable bonds is 5. The van der Waals surface area contributed by atoms with Gasteiger partial charge in [0.15, 0.2) is 0 Å². The van der Waals surface area contributed by atoms with Crippen LogP contribution in [0.1, 0.15) is 5.69 Å². The topological polar surface area (TPSA) is 100 Å². The molecule has 2 aromatic rings. The van der Waals surface area contributed by atoms with Crippen LogP contribution in [0.5, 0.6) is 0 Å². The van der Waals surface area contributed by atoms with Gasteiger partial charge in [-0.15, -0.1) is 5.10 Å². The molecule has 0 fully saturated rings. The number of carboxylic acids is 1. The lowest BCUT2D eigenvalue weighted by atomic mass is 10.3. The van der Waals surface area contributed by atoms with E-state index >= 15 is 0 Å². The number of para-hydroxylation sites is 1. The molecule has 0 radical (unpaired) electrons. The van der Waals surface area contributed by atoms with E-state index in [-0.39, 0.29) is 19.1 Å². The van der Waals surface area contributed by atoms with Crippen LogP contribution in [0.2, 0.25) is 0 Å². The summed E-state index contributed by atoms with van der Waals surface area (Å²) in [5.41, 5.74) is 1.26. The van der Waals surface area contributed by atoms with E-state index in [2.05, 4.69) is 15.6 Å². The number of carbonyl (C=O) groups is 2.